The van der Waals surface area contributed by atoms with Gasteiger partial charge < -0.3 is 4.42 Å². The number of nitrogens with zero attached hydrogens (tertiary/aromatic N) is 3. The predicted octanol–water partition coefficient (Wildman–Crippen LogP) is 6.17. The Kier molecular flexibility index (Phi) is 5.94. The second kappa shape index (κ2) is 9.69. The minimum absolute atomic E-state index is 0.154. The van der Waals surface area contributed by atoms with Crippen LogP contribution in [-0.2, 0) is 16.3 Å². The number of benzene rings is 4. The van der Waals surface area contributed by atoms with Gasteiger partial charge in [0.1, 0.15) is 12.1 Å². The van der Waals surface area contributed by atoms with E-state index in [0.717, 1.165) is 49.5 Å². The van der Waals surface area contributed by atoms with Crippen molar-refractivity contribution in [2.24, 2.45) is 0 Å². The lowest BCUT2D eigenvalue weighted by Gasteiger charge is -2.18. The molecule has 0 fully saturated rings. The van der Waals surface area contributed by atoms with Crippen molar-refractivity contribution < 1.29 is 18.9 Å². The molecule has 0 bridgehead atoms. The molecule has 0 saturated heterocycles. The van der Waals surface area contributed by atoms with E-state index in [-0.39, 0.29) is 12.5 Å². The van der Waals surface area contributed by atoms with Crippen LogP contribution >= 0.6 is 0 Å². The predicted molar refractivity (Wildman–Crippen MR) is 139 cm³/mol. The van der Waals surface area contributed by atoms with Crippen molar-refractivity contribution in [1.82, 2.24) is 20.4 Å². The number of amides is 1. The van der Waals surface area contributed by atoms with Crippen LogP contribution in [0.25, 0.3) is 44.6 Å². The number of rotatable bonds is 7. The summed E-state index contributed by atoms with van der Waals surface area (Å²) in [5.41, 5.74) is 5.32. The minimum Gasteiger partial charge on any atom is -0.436 e. The first-order chi connectivity index (χ1) is 18.2. The van der Waals surface area contributed by atoms with Crippen LogP contribution in [0.15, 0.2) is 102 Å². The quantitative estimate of drug-likeness (QED) is 0.269. The molecule has 37 heavy (non-hydrogen) atoms. The molecular weight excluding hydrogens is 468 g/mol. The third-order valence-electron chi connectivity index (χ3n) is 6.07. The second-order valence-corrected chi connectivity index (χ2v) is 8.43. The van der Waals surface area contributed by atoms with Gasteiger partial charge in [0.05, 0.1) is 24.6 Å². The molecule has 0 saturated carbocycles. The number of hydrogen-bond donors (Lipinski definition) is 1. The van der Waals surface area contributed by atoms with Crippen LogP contribution in [-0.4, -0.2) is 33.4 Å². The highest BCUT2D eigenvalue weighted by atomic mass is 16.9. The van der Waals surface area contributed by atoms with Gasteiger partial charge in [-0.2, -0.15) is 5.10 Å². The first-order valence-corrected chi connectivity index (χ1v) is 11.7. The SMILES string of the molecule is CON(OCc1ccc(-c2[nH]ncc2-c2nc3cc4ccccc4cc3o2)cc1)C(=O)c1ccccc1. The fourth-order valence-electron chi connectivity index (χ4n) is 4.18. The molecule has 8 nitrogen and oxygen atoms in total. The number of nitrogens with one attached hydrogen (secondary N) is 1. The molecule has 8 heteroatoms. The Morgan fingerprint density at radius 2 is 1.68 bits per heavy atom. The van der Waals surface area contributed by atoms with E-state index in [9.17, 15) is 4.79 Å². The normalized spacial score (nSPS) is 11.3. The maximum atomic E-state index is 12.6. The van der Waals surface area contributed by atoms with Gasteiger partial charge in [0.15, 0.2) is 5.58 Å². The average molecular weight is 491 g/mol. The lowest BCUT2D eigenvalue weighted by molar-refractivity contribution is -0.320. The summed E-state index contributed by atoms with van der Waals surface area (Å²) in [6.45, 7) is 0.154. The standard InChI is InChI=1S/C29H22N4O4/c1-35-33(29(34)21-7-3-2-4-8-21)36-18-19-11-13-20(14-12-19)27-24(17-30-32-27)28-31-25-15-22-9-5-6-10-23(22)16-26(25)37-28/h2-17H,18H2,1H3,(H,30,32). The van der Waals surface area contributed by atoms with E-state index in [2.05, 4.69) is 22.3 Å². The fraction of sp³-hybridized carbons (Fsp3) is 0.0690. The summed E-state index contributed by atoms with van der Waals surface area (Å²) < 4.78 is 6.10. The van der Waals surface area contributed by atoms with Gasteiger partial charge in [-0.3, -0.25) is 9.89 Å². The molecule has 6 aromatic rings. The third-order valence-corrected chi connectivity index (χ3v) is 6.07. The summed E-state index contributed by atoms with van der Waals surface area (Å²) in [7, 11) is 1.39. The monoisotopic (exact) mass is 490 g/mol. The topological polar surface area (TPSA) is 93.5 Å². The Balaban J connectivity index is 1.20. The Morgan fingerprint density at radius 3 is 2.43 bits per heavy atom. The highest BCUT2D eigenvalue weighted by Gasteiger charge is 2.18. The van der Waals surface area contributed by atoms with Gasteiger partial charge >= 0.3 is 5.91 Å². The molecule has 1 amide bonds. The molecule has 0 unspecified atom stereocenters. The van der Waals surface area contributed by atoms with Crippen LogP contribution < -0.4 is 0 Å². The van der Waals surface area contributed by atoms with Crippen LogP contribution in [0.1, 0.15) is 15.9 Å². The van der Waals surface area contributed by atoms with E-state index < -0.39 is 0 Å². The van der Waals surface area contributed by atoms with E-state index in [1.54, 1.807) is 30.5 Å². The van der Waals surface area contributed by atoms with E-state index in [4.69, 9.17) is 19.1 Å². The first kappa shape index (κ1) is 22.7. The van der Waals surface area contributed by atoms with Gasteiger partial charge in [0, 0.05) is 11.1 Å². The number of aromatic nitrogens is 3. The number of carbonyl (C=O) groups excluding carboxylic acids is 1. The zero-order chi connectivity index (χ0) is 25.2. The van der Waals surface area contributed by atoms with Crippen LogP contribution in [0, 0.1) is 0 Å². The Labute approximate surface area is 212 Å². The largest absolute Gasteiger partial charge is 0.436 e. The van der Waals surface area contributed by atoms with Crippen molar-refractivity contribution in [3.05, 3.63) is 108 Å². The number of fused-ring (bicyclic) bond motifs is 2. The molecule has 0 aliphatic heterocycles. The minimum atomic E-state index is -0.381. The zero-order valence-corrected chi connectivity index (χ0v) is 19.9. The summed E-state index contributed by atoms with van der Waals surface area (Å²) in [5.74, 6) is 0.115. The van der Waals surface area contributed by atoms with Crippen LogP contribution in [0.5, 0.6) is 0 Å². The highest BCUT2D eigenvalue weighted by Crippen LogP contribution is 2.33. The highest BCUT2D eigenvalue weighted by molar-refractivity contribution is 5.95. The summed E-state index contributed by atoms with van der Waals surface area (Å²) in [6.07, 6.45) is 1.71. The van der Waals surface area contributed by atoms with Gasteiger partial charge in [-0.15, -0.1) is 0 Å². The van der Waals surface area contributed by atoms with Crippen molar-refractivity contribution in [2.75, 3.05) is 7.11 Å². The molecule has 0 aliphatic carbocycles. The number of aromatic amines is 1. The smallest absolute Gasteiger partial charge is 0.303 e. The molecule has 1 N–H and O–H groups in total. The van der Waals surface area contributed by atoms with Crippen molar-refractivity contribution in [3.8, 4) is 22.7 Å². The molecular formula is C29H22N4O4. The van der Waals surface area contributed by atoms with Crippen molar-refractivity contribution in [3.63, 3.8) is 0 Å². The average Bonchev–Trinajstić information content (AvgIpc) is 3.60. The van der Waals surface area contributed by atoms with E-state index in [0.29, 0.717) is 11.5 Å². The van der Waals surface area contributed by atoms with E-state index in [1.807, 2.05) is 54.6 Å². The lowest BCUT2D eigenvalue weighted by Crippen LogP contribution is -2.30. The van der Waals surface area contributed by atoms with E-state index >= 15 is 0 Å². The zero-order valence-electron chi connectivity index (χ0n) is 19.9. The Bertz CT molecular complexity index is 1640. The Morgan fingerprint density at radius 1 is 0.946 bits per heavy atom. The van der Waals surface area contributed by atoms with Gasteiger partial charge in [-0.25, -0.2) is 14.7 Å². The van der Waals surface area contributed by atoms with Gasteiger partial charge in [0.25, 0.3) is 0 Å². The third kappa shape index (κ3) is 4.47. The van der Waals surface area contributed by atoms with Crippen molar-refractivity contribution >= 4 is 27.8 Å². The number of hydrogen-bond acceptors (Lipinski definition) is 6. The summed E-state index contributed by atoms with van der Waals surface area (Å²) >= 11 is 0. The molecule has 2 aromatic heterocycles. The van der Waals surface area contributed by atoms with Crippen molar-refractivity contribution in [1.29, 1.82) is 0 Å². The van der Waals surface area contributed by atoms with Gasteiger partial charge in [0.2, 0.25) is 5.89 Å². The summed E-state index contributed by atoms with van der Waals surface area (Å²) in [6, 6.07) is 28.7. The number of H-pyrrole nitrogens is 1. The second-order valence-electron chi connectivity index (χ2n) is 8.43. The molecule has 2 heterocycles. The maximum Gasteiger partial charge on any atom is 0.303 e. The first-order valence-electron chi connectivity index (χ1n) is 11.7. The molecule has 0 atom stereocenters. The lowest BCUT2D eigenvalue weighted by atomic mass is 10.1. The summed E-state index contributed by atoms with van der Waals surface area (Å²) in [5, 5.41) is 10.4. The van der Waals surface area contributed by atoms with Gasteiger partial charge in [-0.05, 0) is 40.6 Å². The Hall–Kier alpha value is -4.79. The molecule has 0 aliphatic rings. The molecule has 0 spiro atoms. The number of carbonyl (C=O) groups is 1. The molecule has 0 radical (unpaired) electrons. The van der Waals surface area contributed by atoms with Crippen molar-refractivity contribution in [2.45, 2.75) is 6.61 Å². The van der Waals surface area contributed by atoms with Crippen LogP contribution in [0.3, 0.4) is 0 Å². The molecule has 182 valence electrons. The van der Waals surface area contributed by atoms with Crippen LogP contribution in [0.4, 0.5) is 0 Å². The van der Waals surface area contributed by atoms with Crippen LogP contribution in [0.2, 0.25) is 0 Å². The molecule has 6 rings (SSSR count). The fourth-order valence-corrected chi connectivity index (χ4v) is 4.18. The summed E-state index contributed by atoms with van der Waals surface area (Å²) in [4.78, 5) is 28.0. The van der Waals surface area contributed by atoms with Gasteiger partial charge in [-0.1, -0.05) is 72.0 Å². The van der Waals surface area contributed by atoms with E-state index in [1.165, 1.54) is 7.11 Å². The number of hydroxylamine groups is 2. The number of oxazole rings is 1. The maximum absolute atomic E-state index is 12.6. The molecule has 4 aromatic carbocycles.